The Kier molecular flexibility index (Phi) is 3.01. The zero-order chi connectivity index (χ0) is 9.35. The highest BCUT2D eigenvalue weighted by Gasteiger charge is 2.13. The van der Waals surface area contributed by atoms with Gasteiger partial charge >= 0.3 is 0 Å². The molecule has 1 aromatic carbocycles. The third-order valence-electron chi connectivity index (χ3n) is 1.35. The average Bonchev–Trinajstić information content (AvgIpc) is 1.83. The van der Waals surface area contributed by atoms with Gasteiger partial charge in [0.15, 0.2) is 0 Å². The molecule has 66 valence electrons. The Bertz CT molecular complexity index is 400. The molecule has 0 saturated heterocycles. The Morgan fingerprint density at radius 2 is 2.00 bits per heavy atom. The van der Waals surface area contributed by atoms with Crippen LogP contribution in [0.4, 0.5) is 0 Å². The van der Waals surface area contributed by atoms with Crippen LogP contribution in [0.25, 0.3) is 0 Å². The van der Waals surface area contributed by atoms with E-state index in [0.29, 0.717) is 3.57 Å². The zero-order valence-corrected chi connectivity index (χ0v) is 9.94. The van der Waals surface area contributed by atoms with Crippen molar-refractivity contribution >= 4 is 42.3 Å². The zero-order valence-electron chi connectivity index (χ0n) is 6.21. The van der Waals surface area contributed by atoms with Gasteiger partial charge in [-0.3, -0.25) is 0 Å². The normalized spacial score (nSPS) is 11.6. The number of rotatable bonds is 1. The van der Waals surface area contributed by atoms with E-state index in [4.69, 9.17) is 10.7 Å². The van der Waals surface area contributed by atoms with Gasteiger partial charge in [0.05, 0.1) is 4.90 Å². The molecule has 0 radical (unpaired) electrons. The van der Waals surface area contributed by atoms with Crippen LogP contribution < -0.4 is 0 Å². The van der Waals surface area contributed by atoms with Crippen molar-refractivity contribution in [1.82, 2.24) is 0 Å². The van der Waals surface area contributed by atoms with Crippen LogP contribution in [0, 0.1) is 10.5 Å². The van der Waals surface area contributed by atoms with Gasteiger partial charge in [-0.05, 0) is 47.2 Å². The molecule has 0 aliphatic heterocycles. The summed E-state index contributed by atoms with van der Waals surface area (Å²) < 4.78 is 22.5. The van der Waals surface area contributed by atoms with E-state index < -0.39 is 9.05 Å². The van der Waals surface area contributed by atoms with Crippen LogP contribution in [0.15, 0.2) is 23.1 Å². The van der Waals surface area contributed by atoms with Crippen LogP contribution in [0.3, 0.4) is 0 Å². The van der Waals surface area contributed by atoms with Crippen LogP contribution in [-0.4, -0.2) is 8.42 Å². The monoisotopic (exact) mass is 316 g/mol. The lowest BCUT2D eigenvalue weighted by molar-refractivity contribution is 0.609. The fourth-order valence-electron chi connectivity index (χ4n) is 0.804. The topological polar surface area (TPSA) is 34.1 Å². The SMILES string of the molecule is Cc1ccc(S(=O)(=O)Cl)c(I)c1. The third-order valence-corrected chi connectivity index (χ3v) is 3.99. The molecule has 5 heteroatoms. The third kappa shape index (κ3) is 2.34. The van der Waals surface area contributed by atoms with E-state index in [-0.39, 0.29) is 4.90 Å². The Balaban J connectivity index is 3.39. The number of aryl methyl sites for hydroxylation is 1. The van der Waals surface area contributed by atoms with Gasteiger partial charge in [0.25, 0.3) is 9.05 Å². The van der Waals surface area contributed by atoms with E-state index in [9.17, 15) is 8.42 Å². The summed E-state index contributed by atoms with van der Waals surface area (Å²) in [5.41, 5.74) is 1.02. The number of hydrogen-bond acceptors (Lipinski definition) is 2. The molecular weight excluding hydrogens is 310 g/mol. The maximum atomic E-state index is 10.9. The van der Waals surface area contributed by atoms with E-state index in [1.165, 1.54) is 6.07 Å². The Labute approximate surface area is 89.5 Å². The fourth-order valence-corrected chi connectivity index (χ4v) is 3.66. The van der Waals surface area contributed by atoms with Gasteiger partial charge in [-0.1, -0.05) is 6.07 Å². The highest BCUT2D eigenvalue weighted by molar-refractivity contribution is 14.1. The molecule has 0 aliphatic carbocycles. The lowest BCUT2D eigenvalue weighted by Gasteiger charge is -2.00. The van der Waals surface area contributed by atoms with E-state index >= 15 is 0 Å². The van der Waals surface area contributed by atoms with Crippen molar-refractivity contribution in [2.75, 3.05) is 0 Å². The van der Waals surface area contributed by atoms with Crippen LogP contribution in [0.2, 0.25) is 0 Å². The molecule has 0 N–H and O–H groups in total. The summed E-state index contributed by atoms with van der Waals surface area (Å²) in [6.07, 6.45) is 0. The molecule has 0 aliphatic rings. The molecule has 0 heterocycles. The number of hydrogen-bond donors (Lipinski definition) is 0. The lowest BCUT2D eigenvalue weighted by atomic mass is 10.2. The number of benzene rings is 1. The predicted molar refractivity (Wildman–Crippen MR) is 56.9 cm³/mol. The molecule has 0 saturated carbocycles. The summed E-state index contributed by atoms with van der Waals surface area (Å²) in [6, 6.07) is 5.01. The molecule has 1 rings (SSSR count). The van der Waals surface area contributed by atoms with Crippen LogP contribution >= 0.6 is 33.3 Å². The van der Waals surface area contributed by atoms with Gasteiger partial charge in [0.1, 0.15) is 0 Å². The predicted octanol–water partition coefficient (Wildman–Crippen LogP) is 2.53. The van der Waals surface area contributed by atoms with Crippen molar-refractivity contribution in [2.45, 2.75) is 11.8 Å². The largest absolute Gasteiger partial charge is 0.262 e. The second kappa shape index (κ2) is 3.51. The molecule has 0 spiro atoms. The number of halogens is 2. The summed E-state index contributed by atoms with van der Waals surface area (Å²) in [5, 5.41) is 0. The van der Waals surface area contributed by atoms with Crippen LogP contribution in [0.5, 0.6) is 0 Å². The van der Waals surface area contributed by atoms with Crippen LogP contribution in [0.1, 0.15) is 5.56 Å². The first-order chi connectivity index (χ1) is 5.41. The summed E-state index contributed by atoms with van der Waals surface area (Å²) in [5.74, 6) is 0. The molecule has 0 unspecified atom stereocenters. The van der Waals surface area contributed by atoms with Gasteiger partial charge in [-0.25, -0.2) is 8.42 Å². The quantitative estimate of drug-likeness (QED) is 0.589. The lowest BCUT2D eigenvalue weighted by Crippen LogP contribution is -1.94. The van der Waals surface area contributed by atoms with Crippen molar-refractivity contribution in [3.05, 3.63) is 27.3 Å². The van der Waals surface area contributed by atoms with Crippen molar-refractivity contribution in [2.24, 2.45) is 0 Å². The van der Waals surface area contributed by atoms with E-state index in [1.807, 2.05) is 29.5 Å². The van der Waals surface area contributed by atoms with Crippen molar-refractivity contribution in [3.8, 4) is 0 Å². The smallest absolute Gasteiger partial charge is 0.207 e. The van der Waals surface area contributed by atoms with Crippen molar-refractivity contribution < 1.29 is 8.42 Å². The van der Waals surface area contributed by atoms with E-state index in [0.717, 1.165) is 5.56 Å². The maximum absolute atomic E-state index is 10.9. The van der Waals surface area contributed by atoms with Gasteiger partial charge in [-0.2, -0.15) is 0 Å². The highest BCUT2D eigenvalue weighted by Crippen LogP contribution is 2.22. The van der Waals surface area contributed by atoms with Gasteiger partial charge in [-0.15, -0.1) is 0 Å². The fraction of sp³-hybridized carbons (Fsp3) is 0.143. The Morgan fingerprint density at radius 1 is 1.42 bits per heavy atom. The average molecular weight is 317 g/mol. The molecule has 0 bridgehead atoms. The van der Waals surface area contributed by atoms with Gasteiger partial charge < -0.3 is 0 Å². The van der Waals surface area contributed by atoms with Gasteiger partial charge in [0, 0.05) is 14.3 Å². The molecule has 0 amide bonds. The Hall–Kier alpha value is 0.190. The second-order valence-corrected chi connectivity index (χ2v) is 6.07. The molecule has 0 aromatic heterocycles. The first-order valence-electron chi connectivity index (χ1n) is 3.12. The first kappa shape index (κ1) is 10.3. The van der Waals surface area contributed by atoms with Crippen molar-refractivity contribution in [3.63, 3.8) is 0 Å². The maximum Gasteiger partial charge on any atom is 0.262 e. The molecule has 2 nitrogen and oxygen atoms in total. The minimum atomic E-state index is -3.59. The molecule has 1 aromatic rings. The minimum Gasteiger partial charge on any atom is -0.207 e. The van der Waals surface area contributed by atoms with Crippen molar-refractivity contribution in [1.29, 1.82) is 0 Å². The minimum absolute atomic E-state index is 0.176. The summed E-state index contributed by atoms with van der Waals surface area (Å²) >= 11 is 1.95. The molecule has 0 fully saturated rings. The highest BCUT2D eigenvalue weighted by atomic mass is 127. The van der Waals surface area contributed by atoms with E-state index in [2.05, 4.69) is 0 Å². The van der Waals surface area contributed by atoms with Crippen LogP contribution in [-0.2, 0) is 9.05 Å². The first-order valence-corrected chi connectivity index (χ1v) is 6.51. The van der Waals surface area contributed by atoms with Gasteiger partial charge in [0.2, 0.25) is 0 Å². The standard InChI is InChI=1S/C7H6ClIO2S/c1-5-2-3-7(6(9)4-5)12(8,10)11/h2-4H,1H3. The second-order valence-electron chi connectivity index (χ2n) is 2.37. The molecular formula is C7H6ClIO2S. The molecule has 12 heavy (non-hydrogen) atoms. The molecule has 0 atom stereocenters. The summed E-state index contributed by atoms with van der Waals surface area (Å²) in [6.45, 7) is 1.90. The summed E-state index contributed by atoms with van der Waals surface area (Å²) in [7, 11) is 1.60. The Morgan fingerprint density at radius 3 is 2.42 bits per heavy atom. The summed E-state index contributed by atoms with van der Waals surface area (Å²) in [4.78, 5) is 0.176. The van der Waals surface area contributed by atoms with E-state index in [1.54, 1.807) is 12.1 Å².